The Morgan fingerprint density at radius 3 is 2.40 bits per heavy atom. The van der Waals surface area contributed by atoms with Crippen LogP contribution >= 0.6 is 23.2 Å². The third kappa shape index (κ3) is 4.35. The molecule has 0 radical (unpaired) electrons. The molecule has 0 aliphatic carbocycles. The Morgan fingerprint density at radius 2 is 1.76 bits per heavy atom. The van der Waals surface area contributed by atoms with Gasteiger partial charge in [-0.3, -0.25) is 9.59 Å². The zero-order valence-corrected chi connectivity index (χ0v) is 15.1. The second-order valence-corrected chi connectivity index (χ2v) is 6.73. The lowest BCUT2D eigenvalue weighted by Gasteiger charge is -2.34. The Labute approximate surface area is 156 Å². The summed E-state index contributed by atoms with van der Waals surface area (Å²) in [6.07, 6.45) is 2.43. The molecule has 25 heavy (non-hydrogen) atoms. The third-order valence-corrected chi connectivity index (χ3v) is 4.86. The van der Waals surface area contributed by atoms with Crippen molar-refractivity contribution in [3.63, 3.8) is 0 Å². The van der Waals surface area contributed by atoms with Crippen LogP contribution < -0.4 is 0 Å². The van der Waals surface area contributed by atoms with Crippen molar-refractivity contribution in [3.8, 4) is 0 Å². The quantitative estimate of drug-likeness (QED) is 0.815. The van der Waals surface area contributed by atoms with E-state index in [4.69, 9.17) is 27.6 Å². The molecule has 1 aliphatic rings. The number of benzene rings is 1. The lowest BCUT2D eigenvalue weighted by Crippen LogP contribution is -2.50. The number of piperazine rings is 1. The van der Waals surface area contributed by atoms with Crippen LogP contribution in [0.3, 0.4) is 0 Å². The van der Waals surface area contributed by atoms with Gasteiger partial charge in [0.05, 0.1) is 6.26 Å². The van der Waals surface area contributed by atoms with Crippen molar-refractivity contribution in [2.75, 3.05) is 26.2 Å². The van der Waals surface area contributed by atoms with Gasteiger partial charge in [-0.2, -0.15) is 0 Å². The molecule has 1 aliphatic heterocycles. The van der Waals surface area contributed by atoms with Gasteiger partial charge >= 0.3 is 0 Å². The summed E-state index contributed by atoms with van der Waals surface area (Å²) in [5.41, 5.74) is 0.908. The summed E-state index contributed by atoms with van der Waals surface area (Å²) < 4.78 is 5.14. The van der Waals surface area contributed by atoms with Gasteiger partial charge in [-0.1, -0.05) is 29.3 Å². The minimum atomic E-state index is -0.134. The molecule has 132 valence electrons. The molecule has 0 spiro atoms. The highest BCUT2D eigenvalue weighted by molar-refractivity contribution is 6.35. The standard InChI is InChI=1S/C18H18Cl2N2O3/c19-14-5-3-13(15(20)12-14)4-6-17(23)21-7-9-22(10-8-21)18(24)16-2-1-11-25-16/h1-3,5,11-12H,4,6-10H2. The summed E-state index contributed by atoms with van der Waals surface area (Å²) in [6, 6.07) is 8.64. The van der Waals surface area contributed by atoms with Gasteiger partial charge in [0, 0.05) is 42.6 Å². The Bertz CT molecular complexity index is 754. The van der Waals surface area contributed by atoms with Crippen molar-refractivity contribution in [2.45, 2.75) is 12.8 Å². The van der Waals surface area contributed by atoms with Gasteiger partial charge < -0.3 is 14.2 Å². The summed E-state index contributed by atoms with van der Waals surface area (Å²) in [5, 5.41) is 1.16. The number of carbonyl (C=O) groups is 2. The zero-order chi connectivity index (χ0) is 17.8. The molecule has 0 bridgehead atoms. The Hall–Kier alpha value is -1.98. The van der Waals surface area contributed by atoms with Gasteiger partial charge in [0.15, 0.2) is 5.76 Å². The maximum atomic E-state index is 12.4. The minimum Gasteiger partial charge on any atom is -0.459 e. The molecule has 1 saturated heterocycles. The highest BCUT2D eigenvalue weighted by atomic mass is 35.5. The molecule has 7 heteroatoms. The highest BCUT2D eigenvalue weighted by Gasteiger charge is 2.25. The van der Waals surface area contributed by atoms with E-state index >= 15 is 0 Å². The van der Waals surface area contributed by atoms with Crippen molar-refractivity contribution in [1.29, 1.82) is 0 Å². The summed E-state index contributed by atoms with van der Waals surface area (Å²) in [6.45, 7) is 2.07. The minimum absolute atomic E-state index is 0.0658. The number of halogens is 2. The molecule has 2 aromatic rings. The molecule has 2 heterocycles. The number of carbonyl (C=O) groups excluding carboxylic acids is 2. The van der Waals surface area contributed by atoms with E-state index < -0.39 is 0 Å². The molecule has 1 aromatic carbocycles. The van der Waals surface area contributed by atoms with Crippen molar-refractivity contribution >= 4 is 35.0 Å². The SMILES string of the molecule is O=C(CCc1ccc(Cl)cc1Cl)N1CCN(C(=O)c2ccco2)CC1. The van der Waals surface area contributed by atoms with Crippen LogP contribution in [0.2, 0.25) is 10.0 Å². The summed E-state index contributed by atoms with van der Waals surface area (Å²) in [7, 11) is 0. The van der Waals surface area contributed by atoms with Gasteiger partial charge in [0.1, 0.15) is 0 Å². The van der Waals surface area contributed by atoms with Gasteiger partial charge in [-0.25, -0.2) is 0 Å². The van der Waals surface area contributed by atoms with E-state index in [1.807, 2.05) is 6.07 Å². The largest absolute Gasteiger partial charge is 0.459 e. The maximum Gasteiger partial charge on any atom is 0.289 e. The summed E-state index contributed by atoms with van der Waals surface area (Å²) in [4.78, 5) is 28.1. The van der Waals surface area contributed by atoms with E-state index in [1.165, 1.54) is 6.26 Å². The van der Waals surface area contributed by atoms with Gasteiger partial charge in [0.25, 0.3) is 5.91 Å². The smallest absolute Gasteiger partial charge is 0.289 e. The molecular weight excluding hydrogens is 363 g/mol. The molecule has 1 fully saturated rings. The predicted molar refractivity (Wildman–Crippen MR) is 96.0 cm³/mol. The highest BCUT2D eigenvalue weighted by Crippen LogP contribution is 2.22. The number of amides is 2. The number of hydrogen-bond acceptors (Lipinski definition) is 3. The average molecular weight is 381 g/mol. The molecular formula is C18H18Cl2N2O3. The zero-order valence-electron chi connectivity index (χ0n) is 13.6. The maximum absolute atomic E-state index is 12.4. The van der Waals surface area contributed by atoms with Crippen molar-refractivity contribution in [3.05, 3.63) is 58.0 Å². The number of hydrogen-bond donors (Lipinski definition) is 0. The number of rotatable bonds is 4. The lowest BCUT2D eigenvalue weighted by molar-refractivity contribution is -0.132. The van der Waals surface area contributed by atoms with Crippen LogP contribution in [0.5, 0.6) is 0 Å². The molecule has 3 rings (SSSR count). The Kier molecular flexibility index (Phi) is 5.66. The first-order valence-corrected chi connectivity index (χ1v) is 8.84. The molecule has 0 atom stereocenters. The number of nitrogens with zero attached hydrogens (tertiary/aromatic N) is 2. The molecule has 0 N–H and O–H groups in total. The molecule has 1 aromatic heterocycles. The fourth-order valence-electron chi connectivity index (χ4n) is 2.84. The van der Waals surface area contributed by atoms with Crippen LogP contribution in [-0.4, -0.2) is 47.8 Å². The number of aryl methyl sites for hydroxylation is 1. The van der Waals surface area contributed by atoms with Gasteiger partial charge in [-0.05, 0) is 36.2 Å². The molecule has 0 unspecified atom stereocenters. The van der Waals surface area contributed by atoms with E-state index in [2.05, 4.69) is 0 Å². The normalized spacial score (nSPS) is 14.6. The summed E-state index contributed by atoms with van der Waals surface area (Å²) >= 11 is 12.0. The van der Waals surface area contributed by atoms with Gasteiger partial charge in [0.2, 0.25) is 5.91 Å². The van der Waals surface area contributed by atoms with E-state index in [1.54, 1.807) is 34.1 Å². The number of furan rings is 1. The van der Waals surface area contributed by atoms with Crippen LogP contribution in [0.1, 0.15) is 22.5 Å². The van der Waals surface area contributed by atoms with Crippen LogP contribution in [-0.2, 0) is 11.2 Å². The van der Waals surface area contributed by atoms with E-state index in [0.717, 1.165) is 5.56 Å². The van der Waals surface area contributed by atoms with Crippen LogP contribution in [0, 0.1) is 0 Å². The Morgan fingerprint density at radius 1 is 1.04 bits per heavy atom. The second kappa shape index (κ2) is 7.93. The van der Waals surface area contributed by atoms with Crippen LogP contribution in [0.15, 0.2) is 41.0 Å². The molecule has 5 nitrogen and oxygen atoms in total. The van der Waals surface area contributed by atoms with E-state index in [9.17, 15) is 9.59 Å². The lowest BCUT2D eigenvalue weighted by atomic mass is 10.1. The molecule has 0 saturated carbocycles. The third-order valence-electron chi connectivity index (χ3n) is 4.27. The fraction of sp³-hybridized carbons (Fsp3) is 0.333. The van der Waals surface area contributed by atoms with E-state index in [-0.39, 0.29) is 11.8 Å². The van der Waals surface area contributed by atoms with Crippen LogP contribution in [0.25, 0.3) is 0 Å². The average Bonchev–Trinajstić information content (AvgIpc) is 3.15. The van der Waals surface area contributed by atoms with E-state index in [0.29, 0.717) is 54.8 Å². The van der Waals surface area contributed by atoms with Crippen molar-refractivity contribution in [2.24, 2.45) is 0 Å². The first kappa shape index (κ1) is 17.8. The fourth-order valence-corrected chi connectivity index (χ4v) is 3.34. The predicted octanol–water partition coefficient (Wildman–Crippen LogP) is 3.50. The topological polar surface area (TPSA) is 53.8 Å². The summed E-state index contributed by atoms with van der Waals surface area (Å²) in [5.74, 6) is 0.262. The molecule has 2 amide bonds. The van der Waals surface area contributed by atoms with Gasteiger partial charge in [-0.15, -0.1) is 0 Å². The first-order valence-electron chi connectivity index (χ1n) is 8.09. The Balaban J connectivity index is 1.49. The van der Waals surface area contributed by atoms with Crippen molar-refractivity contribution in [1.82, 2.24) is 9.80 Å². The monoisotopic (exact) mass is 380 g/mol. The second-order valence-electron chi connectivity index (χ2n) is 5.89. The van der Waals surface area contributed by atoms with Crippen molar-refractivity contribution < 1.29 is 14.0 Å². The van der Waals surface area contributed by atoms with Crippen LogP contribution in [0.4, 0.5) is 0 Å². The first-order chi connectivity index (χ1) is 12.0.